The lowest BCUT2D eigenvalue weighted by Gasteiger charge is -2.36. The molecule has 3 amide bonds. The van der Waals surface area contributed by atoms with Gasteiger partial charge in [-0.1, -0.05) is 91.0 Å². The molecule has 1 aliphatic heterocycles. The molecule has 0 bridgehead atoms. The first-order valence-corrected chi connectivity index (χ1v) is 15.6. The standard InChI is InChI=1S/C34H39N3O6S/c1-33(2,3)43-32(42)35-22-29(38)37-21-13-20-28(37)30(39)36-27(31(40)41)23-44-34(24-14-7-4-8-15-24,25-16-9-5-10-17-25)26-18-11-6-12-19-26/h4-12,14-19,27-28H,13,20-23H2,1-3H3,(H,35,42)(H,36,39)(H,40,41)/t27-,28-/m0/s1. The summed E-state index contributed by atoms with van der Waals surface area (Å²) in [4.78, 5) is 52.3. The van der Waals surface area contributed by atoms with Crippen molar-refractivity contribution >= 4 is 35.6 Å². The molecule has 1 saturated heterocycles. The number of aliphatic carboxylic acids is 1. The number of likely N-dealkylation sites (tertiary alicyclic amines) is 1. The predicted molar refractivity (Wildman–Crippen MR) is 170 cm³/mol. The van der Waals surface area contributed by atoms with Crippen LogP contribution in [0.1, 0.15) is 50.3 Å². The zero-order chi connectivity index (χ0) is 31.7. The Morgan fingerprint density at radius 2 is 1.39 bits per heavy atom. The summed E-state index contributed by atoms with van der Waals surface area (Å²) in [7, 11) is 0. The van der Waals surface area contributed by atoms with Gasteiger partial charge in [0.25, 0.3) is 0 Å². The Kier molecular flexibility index (Phi) is 10.7. The summed E-state index contributed by atoms with van der Waals surface area (Å²) < 4.78 is 4.43. The van der Waals surface area contributed by atoms with E-state index in [0.717, 1.165) is 16.7 Å². The molecule has 1 heterocycles. The molecule has 0 spiro atoms. The number of carbonyl (C=O) groups excluding carboxylic acids is 3. The van der Waals surface area contributed by atoms with E-state index in [1.807, 2.05) is 91.0 Å². The smallest absolute Gasteiger partial charge is 0.408 e. The topological polar surface area (TPSA) is 125 Å². The van der Waals surface area contributed by atoms with E-state index in [-0.39, 0.29) is 12.3 Å². The molecular weight excluding hydrogens is 578 g/mol. The third-order valence-electron chi connectivity index (χ3n) is 7.28. The first-order chi connectivity index (χ1) is 21.0. The predicted octanol–water partition coefficient (Wildman–Crippen LogP) is 4.80. The fraction of sp³-hybridized carbons (Fsp3) is 0.353. The van der Waals surface area contributed by atoms with E-state index in [2.05, 4.69) is 10.6 Å². The van der Waals surface area contributed by atoms with Crippen molar-refractivity contribution in [1.29, 1.82) is 0 Å². The van der Waals surface area contributed by atoms with E-state index >= 15 is 0 Å². The van der Waals surface area contributed by atoms with Gasteiger partial charge in [-0.25, -0.2) is 9.59 Å². The minimum atomic E-state index is -1.22. The van der Waals surface area contributed by atoms with Crippen LogP contribution < -0.4 is 10.6 Å². The minimum absolute atomic E-state index is 0.0562. The molecule has 0 unspecified atom stereocenters. The average molecular weight is 618 g/mol. The molecule has 4 rings (SSSR count). The van der Waals surface area contributed by atoms with Gasteiger partial charge in [0.1, 0.15) is 24.2 Å². The molecule has 9 nitrogen and oxygen atoms in total. The Bertz CT molecular complexity index is 1330. The minimum Gasteiger partial charge on any atom is -0.480 e. The van der Waals surface area contributed by atoms with Crippen LogP contribution in [0.5, 0.6) is 0 Å². The number of thioether (sulfide) groups is 1. The zero-order valence-electron chi connectivity index (χ0n) is 25.2. The van der Waals surface area contributed by atoms with Crippen molar-refractivity contribution in [3.05, 3.63) is 108 Å². The Hall–Kier alpha value is -4.31. The Morgan fingerprint density at radius 3 is 1.84 bits per heavy atom. The monoisotopic (exact) mass is 617 g/mol. The molecule has 0 saturated carbocycles. The van der Waals surface area contributed by atoms with E-state index in [4.69, 9.17) is 4.74 Å². The number of benzene rings is 3. The van der Waals surface area contributed by atoms with Gasteiger partial charge in [-0.2, -0.15) is 0 Å². The summed E-state index contributed by atoms with van der Waals surface area (Å²) in [5.74, 6) is -2.09. The molecule has 44 heavy (non-hydrogen) atoms. The number of hydrogen-bond donors (Lipinski definition) is 3. The summed E-state index contributed by atoms with van der Waals surface area (Å²) >= 11 is 1.43. The van der Waals surface area contributed by atoms with E-state index in [9.17, 15) is 24.3 Å². The van der Waals surface area contributed by atoms with Gasteiger partial charge in [-0.05, 0) is 50.3 Å². The van der Waals surface area contributed by atoms with Crippen LogP contribution in [-0.4, -0.2) is 70.4 Å². The van der Waals surface area contributed by atoms with Crippen molar-refractivity contribution in [3.8, 4) is 0 Å². The summed E-state index contributed by atoms with van der Waals surface area (Å²) in [5, 5.41) is 15.4. The van der Waals surface area contributed by atoms with Crippen LogP contribution in [0.15, 0.2) is 91.0 Å². The largest absolute Gasteiger partial charge is 0.480 e. The summed E-state index contributed by atoms with van der Waals surface area (Å²) in [5.41, 5.74) is 2.21. The van der Waals surface area contributed by atoms with Gasteiger partial charge < -0.3 is 25.4 Å². The molecule has 3 aromatic carbocycles. The molecular formula is C34H39N3O6S. The second-order valence-electron chi connectivity index (χ2n) is 11.6. The maximum Gasteiger partial charge on any atom is 0.408 e. The van der Waals surface area contributed by atoms with Crippen molar-refractivity contribution < 1.29 is 29.0 Å². The highest BCUT2D eigenvalue weighted by Gasteiger charge is 2.40. The molecule has 232 valence electrons. The zero-order valence-corrected chi connectivity index (χ0v) is 26.0. The third-order valence-corrected chi connectivity index (χ3v) is 8.92. The fourth-order valence-corrected chi connectivity index (χ4v) is 6.87. The Labute approximate surface area is 262 Å². The van der Waals surface area contributed by atoms with E-state index < -0.39 is 46.3 Å². The number of amides is 3. The molecule has 3 aromatic rings. The number of nitrogens with one attached hydrogen (secondary N) is 2. The summed E-state index contributed by atoms with van der Waals surface area (Å²) in [6.07, 6.45) is 0.251. The van der Waals surface area contributed by atoms with Crippen LogP contribution in [0.3, 0.4) is 0 Å². The van der Waals surface area contributed by atoms with Crippen molar-refractivity contribution in [2.45, 2.75) is 56.0 Å². The van der Waals surface area contributed by atoms with Crippen molar-refractivity contribution in [2.24, 2.45) is 0 Å². The second-order valence-corrected chi connectivity index (χ2v) is 12.8. The molecule has 3 N–H and O–H groups in total. The van der Waals surface area contributed by atoms with Crippen LogP contribution in [0.25, 0.3) is 0 Å². The van der Waals surface area contributed by atoms with Crippen molar-refractivity contribution in [1.82, 2.24) is 15.5 Å². The van der Waals surface area contributed by atoms with Crippen LogP contribution >= 0.6 is 11.8 Å². The molecule has 10 heteroatoms. The normalized spacial score (nSPS) is 15.7. The second kappa shape index (κ2) is 14.4. The lowest BCUT2D eigenvalue weighted by molar-refractivity contribution is -0.143. The van der Waals surface area contributed by atoms with Crippen LogP contribution in [0, 0.1) is 0 Å². The number of carboxylic acid groups (broad SMARTS) is 1. The van der Waals surface area contributed by atoms with Gasteiger partial charge in [0, 0.05) is 12.3 Å². The molecule has 1 aliphatic rings. The van der Waals surface area contributed by atoms with Crippen molar-refractivity contribution in [2.75, 3.05) is 18.8 Å². The summed E-state index contributed by atoms with van der Waals surface area (Å²) in [6, 6.07) is 27.6. The maximum absolute atomic E-state index is 13.4. The highest BCUT2D eigenvalue weighted by atomic mass is 32.2. The molecule has 0 radical (unpaired) electrons. The average Bonchev–Trinajstić information content (AvgIpc) is 3.51. The quantitative estimate of drug-likeness (QED) is 0.264. The number of rotatable bonds is 11. The SMILES string of the molecule is CC(C)(C)OC(=O)NCC(=O)N1CCC[C@H]1C(=O)N[C@@H](CSC(c1ccccc1)(c1ccccc1)c1ccccc1)C(=O)O. The number of nitrogens with zero attached hydrogens (tertiary/aromatic N) is 1. The molecule has 0 aromatic heterocycles. The highest BCUT2D eigenvalue weighted by Crippen LogP contribution is 2.48. The van der Waals surface area contributed by atoms with Gasteiger partial charge >= 0.3 is 12.1 Å². The third kappa shape index (κ3) is 7.99. The number of carboxylic acids is 1. The van der Waals surface area contributed by atoms with E-state index in [0.29, 0.717) is 19.4 Å². The summed E-state index contributed by atoms with van der Waals surface area (Å²) in [6.45, 7) is 5.16. The maximum atomic E-state index is 13.4. The number of hydrogen-bond acceptors (Lipinski definition) is 6. The number of ether oxygens (including phenoxy) is 1. The lowest BCUT2D eigenvalue weighted by atomic mass is 9.84. The Morgan fingerprint density at radius 1 is 0.886 bits per heavy atom. The van der Waals surface area contributed by atoms with Gasteiger partial charge in [0.05, 0.1) is 4.75 Å². The highest BCUT2D eigenvalue weighted by molar-refractivity contribution is 8.00. The van der Waals surface area contributed by atoms with Gasteiger partial charge in [0.15, 0.2) is 0 Å². The number of carbonyl (C=O) groups is 4. The van der Waals surface area contributed by atoms with Gasteiger partial charge in [-0.3, -0.25) is 9.59 Å². The van der Waals surface area contributed by atoms with Crippen LogP contribution in [-0.2, 0) is 23.9 Å². The molecule has 2 atom stereocenters. The van der Waals surface area contributed by atoms with Crippen molar-refractivity contribution in [3.63, 3.8) is 0 Å². The molecule has 1 fully saturated rings. The lowest BCUT2D eigenvalue weighted by Crippen LogP contribution is -2.53. The number of alkyl carbamates (subject to hydrolysis) is 1. The first-order valence-electron chi connectivity index (χ1n) is 14.6. The van der Waals surface area contributed by atoms with E-state index in [1.165, 1.54) is 16.7 Å². The molecule has 0 aliphatic carbocycles. The van der Waals surface area contributed by atoms with Gasteiger partial charge in [0.2, 0.25) is 11.8 Å². The van der Waals surface area contributed by atoms with Crippen LogP contribution in [0.4, 0.5) is 4.79 Å². The van der Waals surface area contributed by atoms with E-state index in [1.54, 1.807) is 20.8 Å². The first kappa shape index (κ1) is 32.6. The van der Waals surface area contributed by atoms with Crippen LogP contribution in [0.2, 0.25) is 0 Å². The fourth-order valence-electron chi connectivity index (χ4n) is 5.32. The van der Waals surface area contributed by atoms with Gasteiger partial charge in [-0.15, -0.1) is 11.8 Å². The Balaban J connectivity index is 1.53.